The highest BCUT2D eigenvalue weighted by molar-refractivity contribution is 7.10. The number of rotatable bonds is 6. The Morgan fingerprint density at radius 2 is 2.08 bits per heavy atom. The number of benzene rings is 2. The van der Waals surface area contributed by atoms with E-state index in [0.717, 1.165) is 27.6 Å². The van der Waals surface area contributed by atoms with Crippen molar-refractivity contribution in [3.63, 3.8) is 0 Å². The van der Waals surface area contributed by atoms with Crippen LogP contribution in [0.2, 0.25) is 0 Å². The number of amides is 1. The summed E-state index contributed by atoms with van der Waals surface area (Å²) in [4.78, 5) is 16.5. The van der Waals surface area contributed by atoms with E-state index < -0.39 is 0 Å². The minimum absolute atomic E-state index is 0.201. The van der Waals surface area contributed by atoms with Crippen molar-refractivity contribution in [1.29, 1.82) is 0 Å². The first-order chi connectivity index (χ1) is 12.2. The number of carbonyl (C=O) groups excluding carboxylic acids is 1. The molecule has 0 aliphatic carbocycles. The summed E-state index contributed by atoms with van der Waals surface area (Å²) < 4.78 is 5.14. The van der Waals surface area contributed by atoms with Gasteiger partial charge in [0.15, 0.2) is 0 Å². The summed E-state index contributed by atoms with van der Waals surface area (Å²) in [6, 6.07) is 17.3. The molecule has 5 nitrogen and oxygen atoms in total. The first-order valence-electron chi connectivity index (χ1n) is 7.70. The van der Waals surface area contributed by atoms with Crippen LogP contribution in [0, 0.1) is 0 Å². The molecule has 126 valence electrons. The second-order valence-electron chi connectivity index (χ2n) is 5.24. The Balaban J connectivity index is 1.56. The summed E-state index contributed by atoms with van der Waals surface area (Å²) in [5.41, 5.74) is 5.30. The zero-order chi connectivity index (χ0) is 17.5. The first-order valence-corrected chi connectivity index (χ1v) is 8.58. The quantitative estimate of drug-likeness (QED) is 0.546. The number of ether oxygens (including phenoxy) is 1. The van der Waals surface area contributed by atoms with Crippen molar-refractivity contribution in [2.45, 2.75) is 6.42 Å². The van der Waals surface area contributed by atoms with Gasteiger partial charge in [-0.1, -0.05) is 42.5 Å². The van der Waals surface area contributed by atoms with Crippen molar-refractivity contribution in [3.8, 4) is 17.0 Å². The summed E-state index contributed by atoms with van der Waals surface area (Å²) >= 11 is 1.47. The zero-order valence-electron chi connectivity index (χ0n) is 13.7. The van der Waals surface area contributed by atoms with E-state index in [4.69, 9.17) is 4.74 Å². The van der Waals surface area contributed by atoms with Gasteiger partial charge < -0.3 is 4.74 Å². The lowest BCUT2D eigenvalue weighted by molar-refractivity contribution is -0.120. The highest BCUT2D eigenvalue weighted by Gasteiger charge is 2.08. The Morgan fingerprint density at radius 3 is 2.88 bits per heavy atom. The Hall–Kier alpha value is -2.99. The average molecular weight is 351 g/mol. The molecule has 0 saturated carbocycles. The molecule has 0 bridgehead atoms. The monoisotopic (exact) mass is 351 g/mol. The van der Waals surface area contributed by atoms with Gasteiger partial charge in [-0.3, -0.25) is 4.79 Å². The second-order valence-corrected chi connectivity index (χ2v) is 6.18. The molecular weight excluding hydrogens is 334 g/mol. The van der Waals surface area contributed by atoms with Crippen LogP contribution in [0.4, 0.5) is 0 Å². The van der Waals surface area contributed by atoms with E-state index in [2.05, 4.69) is 15.5 Å². The van der Waals surface area contributed by atoms with E-state index in [1.165, 1.54) is 11.3 Å². The van der Waals surface area contributed by atoms with Crippen molar-refractivity contribution >= 4 is 23.5 Å². The molecule has 0 unspecified atom stereocenters. The Bertz CT molecular complexity index is 875. The van der Waals surface area contributed by atoms with Crippen molar-refractivity contribution in [3.05, 3.63) is 70.5 Å². The fourth-order valence-electron chi connectivity index (χ4n) is 2.21. The van der Waals surface area contributed by atoms with Gasteiger partial charge in [0.25, 0.3) is 0 Å². The maximum absolute atomic E-state index is 12.0. The van der Waals surface area contributed by atoms with E-state index in [0.29, 0.717) is 0 Å². The molecule has 3 aromatic rings. The minimum atomic E-state index is -0.201. The fourth-order valence-corrected chi connectivity index (χ4v) is 3.01. The summed E-state index contributed by atoms with van der Waals surface area (Å²) in [7, 11) is 1.61. The van der Waals surface area contributed by atoms with Crippen LogP contribution in [0.3, 0.4) is 0 Å². The molecule has 1 N–H and O–H groups in total. The molecule has 1 amide bonds. The van der Waals surface area contributed by atoms with Gasteiger partial charge in [-0.2, -0.15) is 5.10 Å². The topological polar surface area (TPSA) is 63.6 Å². The van der Waals surface area contributed by atoms with E-state index in [-0.39, 0.29) is 12.3 Å². The molecule has 0 fully saturated rings. The molecule has 0 spiro atoms. The number of aromatic nitrogens is 1. The number of hydrogen-bond donors (Lipinski definition) is 1. The van der Waals surface area contributed by atoms with Crippen molar-refractivity contribution in [2.24, 2.45) is 5.10 Å². The summed E-state index contributed by atoms with van der Waals surface area (Å²) in [5.74, 6) is 0.541. The predicted octanol–water partition coefficient (Wildman–Crippen LogP) is 3.51. The van der Waals surface area contributed by atoms with Crippen molar-refractivity contribution < 1.29 is 9.53 Å². The van der Waals surface area contributed by atoms with Crippen LogP contribution >= 0.6 is 11.3 Å². The fraction of sp³-hybridized carbons (Fsp3) is 0.105. The summed E-state index contributed by atoms with van der Waals surface area (Å²) in [6.07, 6.45) is 1.78. The van der Waals surface area contributed by atoms with Gasteiger partial charge >= 0.3 is 0 Å². The lowest BCUT2D eigenvalue weighted by Gasteiger charge is -2.00. The molecule has 6 heteroatoms. The lowest BCUT2D eigenvalue weighted by atomic mass is 10.2. The van der Waals surface area contributed by atoms with Gasteiger partial charge in [-0.25, -0.2) is 10.4 Å². The molecule has 0 saturated heterocycles. The zero-order valence-corrected chi connectivity index (χ0v) is 14.5. The summed E-state index contributed by atoms with van der Waals surface area (Å²) in [5, 5.41) is 6.69. The number of methoxy groups -OCH3 is 1. The van der Waals surface area contributed by atoms with E-state index in [1.807, 2.05) is 60.0 Å². The molecule has 3 rings (SSSR count). The molecule has 0 aliphatic rings. The molecular formula is C19H17N3O2S. The van der Waals surface area contributed by atoms with Crippen molar-refractivity contribution in [1.82, 2.24) is 10.4 Å². The van der Waals surface area contributed by atoms with Crippen molar-refractivity contribution in [2.75, 3.05) is 7.11 Å². The Labute approximate surface area is 150 Å². The van der Waals surface area contributed by atoms with Crippen LogP contribution in [-0.2, 0) is 11.2 Å². The van der Waals surface area contributed by atoms with Crippen LogP contribution in [-0.4, -0.2) is 24.2 Å². The van der Waals surface area contributed by atoms with Gasteiger partial charge in [0, 0.05) is 10.9 Å². The first kappa shape index (κ1) is 16.9. The van der Waals surface area contributed by atoms with Crippen LogP contribution in [0.5, 0.6) is 5.75 Å². The third-order valence-corrected chi connectivity index (χ3v) is 4.28. The van der Waals surface area contributed by atoms with Crippen LogP contribution < -0.4 is 10.2 Å². The maximum Gasteiger partial charge on any atom is 0.246 e. The molecule has 2 aromatic carbocycles. The van der Waals surface area contributed by atoms with Gasteiger partial charge in [0.1, 0.15) is 10.8 Å². The average Bonchev–Trinajstić information content (AvgIpc) is 3.11. The Kier molecular flexibility index (Phi) is 5.53. The number of carbonyl (C=O) groups is 1. The number of thiazole rings is 1. The third-order valence-electron chi connectivity index (χ3n) is 3.43. The largest absolute Gasteiger partial charge is 0.497 e. The lowest BCUT2D eigenvalue weighted by Crippen LogP contribution is -2.19. The second kappa shape index (κ2) is 8.21. The highest BCUT2D eigenvalue weighted by Crippen LogP contribution is 2.21. The number of nitrogens with one attached hydrogen (secondary N) is 1. The molecule has 0 radical (unpaired) electrons. The number of nitrogens with zero attached hydrogens (tertiary/aromatic N) is 2. The predicted molar refractivity (Wildman–Crippen MR) is 100.0 cm³/mol. The van der Waals surface area contributed by atoms with E-state index in [1.54, 1.807) is 13.3 Å². The van der Waals surface area contributed by atoms with Crippen LogP contribution in [0.15, 0.2) is 65.1 Å². The third kappa shape index (κ3) is 4.74. The Morgan fingerprint density at radius 1 is 1.24 bits per heavy atom. The number of hydrazone groups is 1. The molecule has 0 atom stereocenters. The highest BCUT2D eigenvalue weighted by atomic mass is 32.1. The minimum Gasteiger partial charge on any atom is -0.497 e. The summed E-state index contributed by atoms with van der Waals surface area (Å²) in [6.45, 7) is 0. The molecule has 1 heterocycles. The van der Waals surface area contributed by atoms with Crippen LogP contribution in [0.1, 0.15) is 10.6 Å². The van der Waals surface area contributed by atoms with E-state index >= 15 is 0 Å². The molecule has 0 aliphatic heterocycles. The SMILES string of the molecule is COc1cccc(/C=N\NC(=O)Cc2nc(-c3ccccc3)cs2)c1. The molecule has 1 aromatic heterocycles. The number of hydrogen-bond acceptors (Lipinski definition) is 5. The normalized spacial score (nSPS) is 10.8. The van der Waals surface area contributed by atoms with E-state index in [9.17, 15) is 4.79 Å². The maximum atomic E-state index is 12.0. The van der Waals surface area contributed by atoms with Crippen LogP contribution in [0.25, 0.3) is 11.3 Å². The standard InChI is InChI=1S/C19H17N3O2S/c1-24-16-9-5-6-14(10-16)12-20-22-18(23)11-19-21-17(13-25-19)15-7-3-2-4-8-15/h2-10,12-13H,11H2,1H3,(H,22,23)/b20-12-. The smallest absolute Gasteiger partial charge is 0.246 e. The van der Waals surface area contributed by atoms with Gasteiger partial charge in [0.05, 0.1) is 25.4 Å². The van der Waals surface area contributed by atoms with Gasteiger partial charge in [-0.05, 0) is 17.7 Å². The van der Waals surface area contributed by atoms with Gasteiger partial charge in [0.2, 0.25) is 5.91 Å². The molecule has 25 heavy (non-hydrogen) atoms. The van der Waals surface area contributed by atoms with Gasteiger partial charge in [-0.15, -0.1) is 11.3 Å².